The Kier molecular flexibility index (Phi) is 5.05. The third-order valence-electron chi connectivity index (χ3n) is 7.50. The topological polar surface area (TPSA) is 97.4 Å². The number of nitrogens with zero attached hydrogens (tertiary/aromatic N) is 6. The predicted octanol–water partition coefficient (Wildman–Crippen LogP) is 4.87. The minimum absolute atomic E-state index is 0.0891. The Morgan fingerprint density at radius 2 is 1.89 bits per heavy atom. The molecule has 4 heterocycles. The van der Waals surface area contributed by atoms with E-state index < -0.39 is 0 Å². The van der Waals surface area contributed by atoms with Crippen LogP contribution in [-0.2, 0) is 16.8 Å². The van der Waals surface area contributed by atoms with Crippen LogP contribution >= 0.6 is 23.2 Å². The average molecular weight is 546 g/mol. The number of fused-ring (bicyclic) bond motifs is 5. The fraction of sp³-hybridized carbons (Fsp3) is 0.222. The van der Waals surface area contributed by atoms with Crippen molar-refractivity contribution in [2.45, 2.75) is 31.7 Å². The maximum Gasteiger partial charge on any atom is 0.270 e. The van der Waals surface area contributed by atoms with Crippen molar-refractivity contribution in [1.82, 2.24) is 28.8 Å². The lowest BCUT2D eigenvalue weighted by Crippen LogP contribution is -2.40. The number of imidazole rings is 1. The van der Waals surface area contributed by atoms with Crippen LogP contribution in [0.4, 0.5) is 11.6 Å². The largest absolute Gasteiger partial charge is 0.338 e. The normalized spacial score (nSPS) is 15.7. The molecule has 1 saturated carbocycles. The molecule has 1 fully saturated rings. The molecule has 11 heteroatoms. The zero-order valence-electron chi connectivity index (χ0n) is 20.3. The Labute approximate surface area is 226 Å². The Hall–Kier alpha value is -3.95. The second-order valence-electron chi connectivity index (χ2n) is 9.89. The molecule has 38 heavy (non-hydrogen) atoms. The van der Waals surface area contributed by atoms with Crippen molar-refractivity contribution in [1.29, 1.82) is 0 Å². The molecule has 1 amide bonds. The van der Waals surface area contributed by atoms with Gasteiger partial charge in [0.1, 0.15) is 5.39 Å². The number of hydrogen-bond donors (Lipinski definition) is 1. The van der Waals surface area contributed by atoms with Gasteiger partial charge in [-0.3, -0.25) is 14.0 Å². The van der Waals surface area contributed by atoms with Crippen LogP contribution in [0.3, 0.4) is 0 Å². The SMILES string of the molecule is CC(=O)N1Cc2cc(Nc3ncc4c(=O)n(-c5c(Cl)cccc5Cl)c5nccn5c4n3)ccc2C2(CC2)C1. The second-order valence-corrected chi connectivity index (χ2v) is 10.7. The fourth-order valence-corrected chi connectivity index (χ4v) is 6.04. The van der Waals surface area contributed by atoms with Gasteiger partial charge in [0.2, 0.25) is 17.6 Å². The molecule has 1 aliphatic carbocycles. The molecule has 0 bridgehead atoms. The lowest BCUT2D eigenvalue weighted by molar-refractivity contribution is -0.130. The standard InChI is InChI=1S/C27H21Cl2N7O2/c1-15(37)34-13-16-11-17(5-6-19(16)27(14-34)7-8-27)32-25-31-12-18-23(33-25)35-10-9-30-26(35)36(24(18)38)22-20(28)3-2-4-21(22)29/h2-6,9-12H,7-8,13-14H2,1H3,(H,31,32,33). The van der Waals surface area contributed by atoms with Gasteiger partial charge in [-0.05, 0) is 48.2 Å². The van der Waals surface area contributed by atoms with Gasteiger partial charge in [-0.25, -0.2) is 14.5 Å². The first-order chi connectivity index (χ1) is 18.3. The number of amides is 1. The van der Waals surface area contributed by atoms with Gasteiger partial charge in [-0.15, -0.1) is 0 Å². The first-order valence-corrected chi connectivity index (χ1v) is 13.0. The fourth-order valence-electron chi connectivity index (χ4n) is 5.47. The predicted molar refractivity (Wildman–Crippen MR) is 146 cm³/mol. The van der Waals surface area contributed by atoms with Crippen molar-refractivity contribution in [3.63, 3.8) is 0 Å². The number of benzene rings is 2. The Balaban J connectivity index is 1.31. The molecular weight excluding hydrogens is 525 g/mol. The van der Waals surface area contributed by atoms with Crippen LogP contribution in [0.5, 0.6) is 0 Å². The summed E-state index contributed by atoms with van der Waals surface area (Å²) in [6.45, 7) is 2.99. The quantitative estimate of drug-likeness (QED) is 0.347. The van der Waals surface area contributed by atoms with E-state index in [-0.39, 0.29) is 22.3 Å². The van der Waals surface area contributed by atoms with E-state index in [1.165, 1.54) is 16.3 Å². The zero-order chi connectivity index (χ0) is 26.2. The van der Waals surface area contributed by atoms with E-state index in [4.69, 9.17) is 23.2 Å². The minimum Gasteiger partial charge on any atom is -0.338 e. The van der Waals surface area contributed by atoms with E-state index in [0.29, 0.717) is 39.7 Å². The van der Waals surface area contributed by atoms with Gasteiger partial charge < -0.3 is 10.2 Å². The molecule has 1 N–H and O–H groups in total. The highest BCUT2D eigenvalue weighted by Gasteiger charge is 2.49. The molecule has 0 atom stereocenters. The molecule has 7 rings (SSSR count). The highest BCUT2D eigenvalue weighted by atomic mass is 35.5. The van der Waals surface area contributed by atoms with Crippen LogP contribution in [-0.4, -0.2) is 41.3 Å². The maximum absolute atomic E-state index is 13.6. The number of carbonyl (C=O) groups is 1. The van der Waals surface area contributed by atoms with Gasteiger partial charge in [0.05, 0.1) is 15.7 Å². The number of para-hydroxylation sites is 1. The molecule has 9 nitrogen and oxygen atoms in total. The second kappa shape index (κ2) is 8.28. The average Bonchev–Trinajstić information content (AvgIpc) is 3.48. The maximum atomic E-state index is 13.6. The molecule has 5 aromatic rings. The van der Waals surface area contributed by atoms with Gasteiger partial charge in [0.15, 0.2) is 5.65 Å². The summed E-state index contributed by atoms with van der Waals surface area (Å²) in [4.78, 5) is 41.1. The number of aromatic nitrogens is 5. The lowest BCUT2D eigenvalue weighted by atomic mass is 9.86. The Morgan fingerprint density at radius 1 is 1.11 bits per heavy atom. The molecule has 2 aliphatic rings. The van der Waals surface area contributed by atoms with Crippen molar-refractivity contribution in [3.05, 3.63) is 86.5 Å². The van der Waals surface area contributed by atoms with E-state index in [1.54, 1.807) is 41.9 Å². The molecule has 0 saturated heterocycles. The van der Waals surface area contributed by atoms with Gasteiger partial charge >= 0.3 is 0 Å². The van der Waals surface area contributed by atoms with E-state index in [0.717, 1.165) is 30.6 Å². The van der Waals surface area contributed by atoms with Crippen molar-refractivity contribution < 1.29 is 4.79 Å². The first-order valence-electron chi connectivity index (χ1n) is 12.2. The van der Waals surface area contributed by atoms with Crippen LogP contribution in [0.25, 0.3) is 22.5 Å². The van der Waals surface area contributed by atoms with Gasteiger partial charge in [-0.2, -0.15) is 4.98 Å². The van der Waals surface area contributed by atoms with Gasteiger partial charge in [-0.1, -0.05) is 35.3 Å². The summed E-state index contributed by atoms with van der Waals surface area (Å²) in [5, 5.41) is 4.21. The molecule has 3 aromatic heterocycles. The summed E-state index contributed by atoms with van der Waals surface area (Å²) >= 11 is 12.8. The number of anilines is 2. The molecular formula is C27H21Cl2N7O2. The third-order valence-corrected chi connectivity index (χ3v) is 8.11. The monoisotopic (exact) mass is 545 g/mol. The van der Waals surface area contributed by atoms with Crippen LogP contribution < -0.4 is 10.9 Å². The van der Waals surface area contributed by atoms with Gasteiger partial charge in [0, 0.05) is 49.7 Å². The number of halogens is 2. The summed E-state index contributed by atoms with van der Waals surface area (Å²) in [6, 6.07) is 11.3. The molecule has 0 unspecified atom stereocenters. The molecule has 1 spiro atoms. The van der Waals surface area contributed by atoms with E-state index in [1.807, 2.05) is 11.0 Å². The number of carbonyl (C=O) groups excluding carboxylic acids is 1. The van der Waals surface area contributed by atoms with E-state index >= 15 is 0 Å². The molecule has 0 radical (unpaired) electrons. The number of hydrogen-bond acceptors (Lipinski definition) is 6. The third kappa shape index (κ3) is 3.49. The molecule has 190 valence electrons. The van der Waals surface area contributed by atoms with E-state index in [2.05, 4.69) is 32.4 Å². The van der Waals surface area contributed by atoms with Crippen LogP contribution in [0.1, 0.15) is 30.9 Å². The van der Waals surface area contributed by atoms with Crippen LogP contribution in [0.15, 0.2) is 59.8 Å². The summed E-state index contributed by atoms with van der Waals surface area (Å²) in [7, 11) is 0. The number of nitrogens with one attached hydrogen (secondary N) is 1. The minimum atomic E-state index is -0.381. The van der Waals surface area contributed by atoms with Crippen molar-refractivity contribution in [2.24, 2.45) is 0 Å². The Morgan fingerprint density at radius 3 is 2.63 bits per heavy atom. The van der Waals surface area contributed by atoms with Crippen molar-refractivity contribution >= 4 is 57.6 Å². The first kappa shape index (κ1) is 23.2. The Bertz CT molecular complexity index is 1840. The molecule has 1 aliphatic heterocycles. The smallest absolute Gasteiger partial charge is 0.270 e. The van der Waals surface area contributed by atoms with Crippen LogP contribution in [0, 0.1) is 0 Å². The highest BCUT2D eigenvalue weighted by Crippen LogP contribution is 2.52. The van der Waals surface area contributed by atoms with Crippen molar-refractivity contribution in [3.8, 4) is 5.69 Å². The summed E-state index contributed by atoms with van der Waals surface area (Å²) in [5.41, 5.74) is 3.72. The van der Waals surface area contributed by atoms with Crippen molar-refractivity contribution in [2.75, 3.05) is 11.9 Å². The summed E-state index contributed by atoms with van der Waals surface area (Å²) in [5.74, 6) is 0.752. The zero-order valence-corrected chi connectivity index (χ0v) is 21.8. The van der Waals surface area contributed by atoms with E-state index in [9.17, 15) is 9.59 Å². The molecule has 2 aromatic carbocycles. The highest BCUT2D eigenvalue weighted by molar-refractivity contribution is 6.37. The lowest BCUT2D eigenvalue weighted by Gasteiger charge is -2.34. The van der Waals surface area contributed by atoms with Gasteiger partial charge in [0.25, 0.3) is 5.56 Å². The summed E-state index contributed by atoms with van der Waals surface area (Å²) in [6.07, 6.45) is 7.00. The van der Waals surface area contributed by atoms with Crippen LogP contribution in [0.2, 0.25) is 10.0 Å². The number of rotatable bonds is 3. The summed E-state index contributed by atoms with van der Waals surface area (Å²) < 4.78 is 3.08.